The molecule has 1 rings (SSSR count). The van der Waals surface area contributed by atoms with Gasteiger partial charge in [0.05, 0.1) is 5.60 Å². The highest BCUT2D eigenvalue weighted by Gasteiger charge is 2.28. The average molecular weight is 199 g/mol. The number of hydrogen-bond acceptors (Lipinski definition) is 3. The highest BCUT2D eigenvalue weighted by molar-refractivity contribution is 5.86. The second-order valence-electron chi connectivity index (χ2n) is 4.22. The molecule has 0 aromatic heterocycles. The third kappa shape index (κ3) is 3.12. The number of β-amino-alcohol motifs (C(OH)–C–C–N with tert-alkyl or cyclic N) is 1. The Balaban J connectivity index is 2.46. The summed E-state index contributed by atoms with van der Waals surface area (Å²) in [5, 5.41) is 18.4. The van der Waals surface area contributed by atoms with Crippen LogP contribution in [0.2, 0.25) is 0 Å². The van der Waals surface area contributed by atoms with Gasteiger partial charge in [-0.05, 0) is 26.3 Å². The van der Waals surface area contributed by atoms with Crippen LogP contribution < -0.4 is 0 Å². The van der Waals surface area contributed by atoms with Gasteiger partial charge in [-0.2, -0.15) is 0 Å². The quantitative estimate of drug-likeness (QED) is 0.649. The molecule has 4 nitrogen and oxygen atoms in total. The van der Waals surface area contributed by atoms with Gasteiger partial charge in [-0.3, -0.25) is 4.90 Å². The third-order valence-electron chi connectivity index (χ3n) is 2.47. The molecule has 14 heavy (non-hydrogen) atoms. The van der Waals surface area contributed by atoms with Crippen LogP contribution in [0.4, 0.5) is 0 Å². The first-order valence-corrected chi connectivity index (χ1v) is 4.76. The van der Waals surface area contributed by atoms with Crippen molar-refractivity contribution in [1.29, 1.82) is 0 Å². The maximum absolute atomic E-state index is 10.5. The van der Waals surface area contributed by atoms with Crippen molar-refractivity contribution in [2.45, 2.75) is 25.4 Å². The minimum atomic E-state index is -0.963. The third-order valence-corrected chi connectivity index (χ3v) is 2.47. The molecule has 1 aliphatic rings. The normalized spacial score (nSPS) is 28.7. The molecular weight excluding hydrogens is 182 g/mol. The van der Waals surface area contributed by atoms with Crippen molar-refractivity contribution in [2.75, 3.05) is 19.6 Å². The molecule has 0 aromatic carbocycles. The predicted molar refractivity (Wildman–Crippen MR) is 53.1 cm³/mol. The minimum absolute atomic E-state index is 0.183. The van der Waals surface area contributed by atoms with Gasteiger partial charge in [0.1, 0.15) is 0 Å². The molecule has 0 spiro atoms. The second kappa shape index (κ2) is 4.11. The fourth-order valence-corrected chi connectivity index (χ4v) is 1.80. The van der Waals surface area contributed by atoms with Crippen LogP contribution in [0.1, 0.15) is 19.8 Å². The maximum Gasteiger partial charge on any atom is 0.332 e. The van der Waals surface area contributed by atoms with Crippen molar-refractivity contribution in [3.8, 4) is 0 Å². The zero-order chi connectivity index (χ0) is 10.8. The SMILES string of the molecule is C=C(CN1CCCC(C)(O)C1)C(=O)O. The van der Waals surface area contributed by atoms with Crippen LogP contribution in [-0.4, -0.2) is 46.3 Å². The van der Waals surface area contributed by atoms with Gasteiger partial charge >= 0.3 is 5.97 Å². The smallest absolute Gasteiger partial charge is 0.332 e. The number of hydrogen-bond donors (Lipinski definition) is 2. The molecule has 0 radical (unpaired) electrons. The summed E-state index contributed by atoms with van der Waals surface area (Å²) < 4.78 is 0. The summed E-state index contributed by atoms with van der Waals surface area (Å²) in [4.78, 5) is 12.5. The molecule has 0 aliphatic carbocycles. The molecule has 4 heteroatoms. The van der Waals surface area contributed by atoms with Crippen LogP contribution in [0, 0.1) is 0 Å². The molecule has 1 aliphatic heterocycles. The van der Waals surface area contributed by atoms with Crippen LogP contribution in [0.3, 0.4) is 0 Å². The monoisotopic (exact) mass is 199 g/mol. The Labute approximate surface area is 83.8 Å². The lowest BCUT2D eigenvalue weighted by atomic mass is 9.95. The van der Waals surface area contributed by atoms with E-state index in [-0.39, 0.29) is 5.57 Å². The molecule has 80 valence electrons. The Hall–Kier alpha value is -0.870. The van der Waals surface area contributed by atoms with Crippen molar-refractivity contribution < 1.29 is 15.0 Å². The van der Waals surface area contributed by atoms with E-state index >= 15 is 0 Å². The van der Waals surface area contributed by atoms with E-state index in [1.165, 1.54) is 0 Å². The molecule has 1 unspecified atom stereocenters. The van der Waals surface area contributed by atoms with Crippen LogP contribution in [0.25, 0.3) is 0 Å². The number of carboxylic acids is 1. The van der Waals surface area contributed by atoms with E-state index in [0.29, 0.717) is 13.1 Å². The molecule has 1 fully saturated rings. The summed E-state index contributed by atoms with van der Waals surface area (Å²) in [5.41, 5.74) is -0.500. The average Bonchev–Trinajstić information content (AvgIpc) is 2.01. The van der Waals surface area contributed by atoms with Crippen molar-refractivity contribution in [3.05, 3.63) is 12.2 Å². The number of nitrogens with zero attached hydrogens (tertiary/aromatic N) is 1. The van der Waals surface area contributed by atoms with Crippen molar-refractivity contribution >= 4 is 5.97 Å². The Morgan fingerprint density at radius 3 is 2.79 bits per heavy atom. The lowest BCUT2D eigenvalue weighted by Gasteiger charge is -2.36. The molecule has 1 heterocycles. The highest BCUT2D eigenvalue weighted by atomic mass is 16.4. The first kappa shape index (κ1) is 11.2. The lowest BCUT2D eigenvalue weighted by Crippen LogP contribution is -2.46. The van der Waals surface area contributed by atoms with Crippen LogP contribution in [-0.2, 0) is 4.79 Å². The van der Waals surface area contributed by atoms with Gasteiger partial charge in [-0.25, -0.2) is 4.79 Å². The molecule has 0 bridgehead atoms. The van der Waals surface area contributed by atoms with Gasteiger partial charge in [0.25, 0.3) is 0 Å². The van der Waals surface area contributed by atoms with Gasteiger partial charge in [-0.1, -0.05) is 6.58 Å². The fourth-order valence-electron chi connectivity index (χ4n) is 1.80. The van der Waals surface area contributed by atoms with Crippen LogP contribution >= 0.6 is 0 Å². The van der Waals surface area contributed by atoms with Gasteiger partial charge in [0.2, 0.25) is 0 Å². The summed E-state index contributed by atoms with van der Waals surface area (Å²) >= 11 is 0. The standard InChI is InChI=1S/C10H17NO3/c1-8(9(12)13)6-11-5-3-4-10(2,14)7-11/h14H,1,3-7H2,2H3,(H,12,13). The van der Waals surface area contributed by atoms with E-state index in [1.807, 2.05) is 4.90 Å². The molecule has 0 aromatic rings. The highest BCUT2D eigenvalue weighted by Crippen LogP contribution is 2.20. The first-order valence-electron chi connectivity index (χ1n) is 4.76. The van der Waals surface area contributed by atoms with Crippen molar-refractivity contribution in [3.63, 3.8) is 0 Å². The Morgan fingerprint density at radius 2 is 2.29 bits per heavy atom. The number of aliphatic hydroxyl groups is 1. The largest absolute Gasteiger partial charge is 0.478 e. The number of carboxylic acid groups (broad SMARTS) is 1. The van der Waals surface area contributed by atoms with Crippen LogP contribution in [0.15, 0.2) is 12.2 Å². The second-order valence-corrected chi connectivity index (χ2v) is 4.22. The summed E-state index contributed by atoms with van der Waals surface area (Å²) in [6, 6.07) is 0. The van der Waals surface area contributed by atoms with E-state index in [9.17, 15) is 9.90 Å². The molecule has 0 amide bonds. The zero-order valence-electron chi connectivity index (χ0n) is 8.49. The van der Waals surface area contributed by atoms with Gasteiger partial charge in [0, 0.05) is 18.7 Å². The number of rotatable bonds is 3. The number of aliphatic carboxylic acids is 1. The fraction of sp³-hybridized carbons (Fsp3) is 0.700. The summed E-state index contributed by atoms with van der Waals surface area (Å²) in [5.74, 6) is -0.963. The van der Waals surface area contributed by atoms with Gasteiger partial charge < -0.3 is 10.2 Å². The van der Waals surface area contributed by atoms with E-state index < -0.39 is 11.6 Å². The molecule has 0 saturated carbocycles. The Morgan fingerprint density at radius 1 is 1.64 bits per heavy atom. The van der Waals surface area contributed by atoms with Crippen molar-refractivity contribution in [1.82, 2.24) is 4.90 Å². The molecule has 1 atom stereocenters. The summed E-state index contributed by atoms with van der Waals surface area (Å²) in [6.45, 7) is 6.96. The maximum atomic E-state index is 10.5. The Bertz CT molecular complexity index is 248. The first-order chi connectivity index (χ1) is 6.41. The Kier molecular flexibility index (Phi) is 3.29. The van der Waals surface area contributed by atoms with E-state index in [4.69, 9.17) is 5.11 Å². The molecule has 2 N–H and O–H groups in total. The predicted octanol–water partition coefficient (Wildman–Crippen LogP) is 0.474. The van der Waals surface area contributed by atoms with E-state index in [1.54, 1.807) is 6.92 Å². The lowest BCUT2D eigenvalue weighted by molar-refractivity contribution is -0.133. The van der Waals surface area contributed by atoms with Crippen LogP contribution in [0.5, 0.6) is 0 Å². The molecular formula is C10H17NO3. The zero-order valence-corrected chi connectivity index (χ0v) is 8.49. The van der Waals surface area contributed by atoms with E-state index in [2.05, 4.69) is 6.58 Å². The van der Waals surface area contributed by atoms with Gasteiger partial charge in [-0.15, -0.1) is 0 Å². The van der Waals surface area contributed by atoms with Gasteiger partial charge in [0.15, 0.2) is 0 Å². The summed E-state index contributed by atoms with van der Waals surface area (Å²) in [7, 11) is 0. The van der Waals surface area contributed by atoms with E-state index in [0.717, 1.165) is 19.4 Å². The number of piperidine rings is 1. The minimum Gasteiger partial charge on any atom is -0.478 e. The number of carbonyl (C=O) groups is 1. The number of likely N-dealkylation sites (tertiary alicyclic amines) is 1. The van der Waals surface area contributed by atoms with Crippen molar-refractivity contribution in [2.24, 2.45) is 0 Å². The summed E-state index contributed by atoms with van der Waals surface area (Å²) in [6.07, 6.45) is 1.68. The molecule has 1 saturated heterocycles. The topological polar surface area (TPSA) is 60.8 Å².